The number of anilines is 1. The number of methoxy groups -OCH3 is 1. The molecule has 1 aromatic carbocycles. The quantitative estimate of drug-likeness (QED) is 0.311. The molecule has 0 radical (unpaired) electrons. The second-order valence-corrected chi connectivity index (χ2v) is 7.06. The standard InChI is InChI=1S/C20H19NO8/c1-10(22)27-19(28-11(2)23)20-8-7-14(29-20)15-16(20)18(25)21(17(15)24)12-5-4-6-13(9-12)26-3/h4-9,14-16,19H,1-3H3/t14-,15+,16+,20+/m0/s1. The van der Waals surface area contributed by atoms with Crippen LogP contribution in [0.25, 0.3) is 0 Å². The Kier molecular flexibility index (Phi) is 4.42. The number of hydrogen-bond acceptors (Lipinski definition) is 8. The van der Waals surface area contributed by atoms with Crippen molar-refractivity contribution < 1.29 is 38.1 Å². The second-order valence-electron chi connectivity index (χ2n) is 7.06. The molecule has 2 amide bonds. The van der Waals surface area contributed by atoms with E-state index in [2.05, 4.69) is 0 Å². The van der Waals surface area contributed by atoms with E-state index in [0.717, 1.165) is 18.7 Å². The number of benzene rings is 1. The van der Waals surface area contributed by atoms with Crippen molar-refractivity contribution in [1.29, 1.82) is 0 Å². The highest BCUT2D eigenvalue weighted by Crippen LogP contribution is 2.54. The lowest BCUT2D eigenvalue weighted by Crippen LogP contribution is -2.52. The number of imide groups is 1. The van der Waals surface area contributed by atoms with E-state index in [9.17, 15) is 19.2 Å². The molecule has 9 heteroatoms. The van der Waals surface area contributed by atoms with Gasteiger partial charge in [0.2, 0.25) is 11.8 Å². The van der Waals surface area contributed by atoms with Crippen molar-refractivity contribution in [2.45, 2.75) is 31.8 Å². The minimum atomic E-state index is -1.56. The highest BCUT2D eigenvalue weighted by molar-refractivity contribution is 6.23. The summed E-state index contributed by atoms with van der Waals surface area (Å²) in [7, 11) is 1.48. The number of carbonyl (C=O) groups is 4. The molecule has 3 heterocycles. The third-order valence-electron chi connectivity index (χ3n) is 5.30. The third kappa shape index (κ3) is 2.80. The van der Waals surface area contributed by atoms with E-state index in [1.54, 1.807) is 30.3 Å². The maximum Gasteiger partial charge on any atom is 0.305 e. The molecular formula is C20H19NO8. The van der Waals surface area contributed by atoms with Gasteiger partial charge in [-0.25, -0.2) is 4.90 Å². The van der Waals surface area contributed by atoms with Crippen LogP contribution in [-0.2, 0) is 33.4 Å². The average Bonchev–Trinajstić information content (AvgIpc) is 3.32. The molecule has 0 saturated carbocycles. The molecule has 0 aliphatic carbocycles. The Morgan fingerprint density at radius 1 is 1.14 bits per heavy atom. The van der Waals surface area contributed by atoms with Gasteiger partial charge >= 0.3 is 11.9 Å². The molecule has 152 valence electrons. The summed E-state index contributed by atoms with van der Waals surface area (Å²) in [6.45, 7) is 2.31. The van der Waals surface area contributed by atoms with Gasteiger partial charge in [-0.15, -0.1) is 0 Å². The van der Waals surface area contributed by atoms with E-state index in [4.69, 9.17) is 18.9 Å². The Bertz CT molecular complexity index is 924. The molecule has 4 rings (SSSR count). The van der Waals surface area contributed by atoms with Crippen molar-refractivity contribution in [2.24, 2.45) is 11.8 Å². The summed E-state index contributed by atoms with van der Waals surface area (Å²) in [6, 6.07) is 6.57. The van der Waals surface area contributed by atoms with Gasteiger partial charge < -0.3 is 18.9 Å². The Morgan fingerprint density at radius 2 is 1.83 bits per heavy atom. The fourth-order valence-electron chi connectivity index (χ4n) is 4.22. The first kappa shape index (κ1) is 19.1. The summed E-state index contributed by atoms with van der Waals surface area (Å²) in [5, 5.41) is 0. The molecule has 3 aliphatic rings. The van der Waals surface area contributed by atoms with E-state index in [0.29, 0.717) is 11.4 Å². The topological polar surface area (TPSA) is 108 Å². The Labute approximate surface area is 166 Å². The molecule has 2 fully saturated rings. The largest absolute Gasteiger partial charge is 0.497 e. The number of nitrogens with zero attached hydrogens (tertiary/aromatic N) is 1. The smallest absolute Gasteiger partial charge is 0.305 e. The van der Waals surface area contributed by atoms with Gasteiger partial charge in [-0.2, -0.15) is 0 Å². The van der Waals surface area contributed by atoms with Crippen LogP contribution in [0.2, 0.25) is 0 Å². The number of rotatable bonds is 5. The fourth-order valence-corrected chi connectivity index (χ4v) is 4.22. The van der Waals surface area contributed by atoms with Crippen LogP contribution in [-0.4, -0.2) is 48.9 Å². The van der Waals surface area contributed by atoms with Crippen molar-refractivity contribution in [3.63, 3.8) is 0 Å². The molecule has 9 nitrogen and oxygen atoms in total. The summed E-state index contributed by atoms with van der Waals surface area (Å²) in [4.78, 5) is 50.7. The summed E-state index contributed by atoms with van der Waals surface area (Å²) in [5.74, 6) is -3.71. The van der Waals surface area contributed by atoms with E-state index >= 15 is 0 Å². The van der Waals surface area contributed by atoms with Gasteiger partial charge in [-0.1, -0.05) is 12.1 Å². The summed E-state index contributed by atoms with van der Waals surface area (Å²) in [5.41, 5.74) is -1.20. The molecule has 29 heavy (non-hydrogen) atoms. The van der Waals surface area contributed by atoms with Crippen LogP contribution in [0, 0.1) is 11.8 Å². The van der Waals surface area contributed by atoms with E-state index in [-0.39, 0.29) is 0 Å². The predicted octanol–water partition coefficient (Wildman–Crippen LogP) is 0.960. The van der Waals surface area contributed by atoms with Crippen LogP contribution >= 0.6 is 0 Å². The van der Waals surface area contributed by atoms with Gasteiger partial charge in [0.1, 0.15) is 5.75 Å². The van der Waals surface area contributed by atoms with Crippen molar-refractivity contribution in [2.75, 3.05) is 12.0 Å². The molecule has 1 aromatic rings. The van der Waals surface area contributed by atoms with Crippen LogP contribution in [0.1, 0.15) is 13.8 Å². The van der Waals surface area contributed by atoms with Crippen LogP contribution in [0.5, 0.6) is 5.75 Å². The lowest BCUT2D eigenvalue weighted by Gasteiger charge is -2.34. The number of carbonyl (C=O) groups excluding carboxylic acids is 4. The van der Waals surface area contributed by atoms with Crippen LogP contribution in [0.4, 0.5) is 5.69 Å². The average molecular weight is 401 g/mol. The monoisotopic (exact) mass is 401 g/mol. The van der Waals surface area contributed by atoms with Gasteiger partial charge in [0, 0.05) is 19.9 Å². The molecule has 0 unspecified atom stereocenters. The first-order chi connectivity index (χ1) is 13.8. The zero-order valence-corrected chi connectivity index (χ0v) is 16.0. The van der Waals surface area contributed by atoms with Gasteiger partial charge in [0.25, 0.3) is 6.29 Å². The first-order valence-corrected chi connectivity index (χ1v) is 9.02. The SMILES string of the molecule is COc1cccc(N2C(=O)[C@@H]3[C@@H]4C=C[C@@](C(OC(C)=O)OC(C)=O)(O4)[C@H]3C2=O)c1. The predicted molar refractivity (Wildman–Crippen MR) is 96.5 cm³/mol. The Balaban J connectivity index is 1.74. The van der Waals surface area contributed by atoms with Crippen molar-refractivity contribution >= 4 is 29.4 Å². The number of ether oxygens (including phenoxy) is 4. The zero-order valence-electron chi connectivity index (χ0n) is 16.0. The van der Waals surface area contributed by atoms with E-state index in [1.165, 1.54) is 13.2 Å². The van der Waals surface area contributed by atoms with Crippen molar-refractivity contribution in [3.8, 4) is 5.75 Å². The molecular weight excluding hydrogens is 382 g/mol. The third-order valence-corrected chi connectivity index (χ3v) is 5.30. The number of fused-ring (bicyclic) bond motifs is 5. The molecule has 0 aromatic heterocycles. The van der Waals surface area contributed by atoms with Crippen LogP contribution in [0.3, 0.4) is 0 Å². The van der Waals surface area contributed by atoms with Crippen molar-refractivity contribution in [3.05, 3.63) is 36.4 Å². The van der Waals surface area contributed by atoms with Crippen molar-refractivity contribution in [1.82, 2.24) is 0 Å². The van der Waals surface area contributed by atoms with Gasteiger partial charge in [-0.3, -0.25) is 19.2 Å². The number of amides is 2. The lowest BCUT2D eigenvalue weighted by molar-refractivity contribution is -0.226. The van der Waals surface area contributed by atoms with Gasteiger partial charge in [0.15, 0.2) is 5.60 Å². The Hall–Kier alpha value is -3.20. The maximum atomic E-state index is 13.3. The minimum Gasteiger partial charge on any atom is -0.497 e. The molecule has 4 atom stereocenters. The highest BCUT2D eigenvalue weighted by Gasteiger charge is 2.72. The second kappa shape index (κ2) is 6.70. The maximum absolute atomic E-state index is 13.3. The van der Waals surface area contributed by atoms with Gasteiger partial charge in [0.05, 0.1) is 30.7 Å². The molecule has 0 N–H and O–H groups in total. The molecule has 0 spiro atoms. The fraction of sp³-hybridized carbons (Fsp3) is 0.400. The number of hydrogen-bond donors (Lipinski definition) is 0. The zero-order chi connectivity index (χ0) is 20.9. The summed E-state index contributed by atoms with van der Waals surface area (Å²) in [6.07, 6.45) is 0.980. The minimum absolute atomic E-state index is 0.361. The Morgan fingerprint density at radius 3 is 2.45 bits per heavy atom. The first-order valence-electron chi connectivity index (χ1n) is 9.02. The highest BCUT2D eigenvalue weighted by atomic mass is 16.7. The molecule has 2 bridgehead atoms. The van der Waals surface area contributed by atoms with E-state index < -0.39 is 53.6 Å². The summed E-state index contributed by atoms with van der Waals surface area (Å²) >= 11 is 0. The van der Waals surface area contributed by atoms with E-state index in [1.807, 2.05) is 0 Å². The van der Waals surface area contributed by atoms with Crippen LogP contribution in [0.15, 0.2) is 36.4 Å². The summed E-state index contributed by atoms with van der Waals surface area (Å²) < 4.78 is 21.4. The molecule has 2 saturated heterocycles. The normalized spacial score (nSPS) is 29.4. The number of esters is 2. The van der Waals surface area contributed by atoms with Gasteiger partial charge in [-0.05, 0) is 18.2 Å². The molecule has 3 aliphatic heterocycles. The lowest BCUT2D eigenvalue weighted by atomic mass is 9.76. The van der Waals surface area contributed by atoms with Crippen LogP contribution < -0.4 is 9.64 Å².